The lowest BCUT2D eigenvalue weighted by Crippen LogP contribution is -1.99. The van der Waals surface area contributed by atoms with Crippen molar-refractivity contribution in [3.8, 4) is 11.8 Å². The summed E-state index contributed by atoms with van der Waals surface area (Å²) in [4.78, 5) is 9.01. The molecule has 0 aliphatic carbocycles. The van der Waals surface area contributed by atoms with E-state index in [-0.39, 0.29) is 0 Å². The van der Waals surface area contributed by atoms with E-state index in [9.17, 15) is 0 Å². The van der Waals surface area contributed by atoms with Crippen molar-refractivity contribution < 1.29 is 0 Å². The molecule has 0 bridgehead atoms. The highest BCUT2D eigenvalue weighted by molar-refractivity contribution is 5.83. The van der Waals surface area contributed by atoms with Gasteiger partial charge in [0.05, 0.1) is 34.7 Å². The van der Waals surface area contributed by atoms with Crippen LogP contribution in [-0.2, 0) is 13.5 Å². The van der Waals surface area contributed by atoms with E-state index in [0.29, 0.717) is 5.56 Å². The highest BCUT2D eigenvalue weighted by Crippen LogP contribution is 2.25. The van der Waals surface area contributed by atoms with Crippen LogP contribution in [0.2, 0.25) is 0 Å². The van der Waals surface area contributed by atoms with E-state index in [4.69, 9.17) is 10.2 Å². The van der Waals surface area contributed by atoms with Gasteiger partial charge in [0.25, 0.3) is 0 Å². The third kappa shape index (κ3) is 2.58. The molecule has 0 amide bonds. The van der Waals surface area contributed by atoms with Gasteiger partial charge in [-0.3, -0.25) is 0 Å². The predicted molar refractivity (Wildman–Crippen MR) is 96.5 cm³/mol. The molecule has 4 aromatic rings. The number of hydrogen-bond acceptors (Lipinski definition) is 3. The average Bonchev–Trinajstić information content (AvgIpc) is 3.26. The predicted octanol–water partition coefficient (Wildman–Crippen LogP) is 3.53. The summed E-state index contributed by atoms with van der Waals surface area (Å²) in [6.45, 7) is 2.09. The minimum atomic E-state index is 0.676. The second-order valence-electron chi connectivity index (χ2n) is 6.12. The number of aryl methyl sites for hydroxylation is 2. The molecule has 4 rings (SSSR count). The van der Waals surface area contributed by atoms with Crippen LogP contribution in [-0.4, -0.2) is 19.1 Å². The Labute approximate surface area is 145 Å². The van der Waals surface area contributed by atoms with E-state index in [1.54, 1.807) is 12.5 Å². The third-order valence-corrected chi connectivity index (χ3v) is 4.60. The van der Waals surface area contributed by atoms with E-state index >= 15 is 0 Å². The molecule has 5 heteroatoms. The van der Waals surface area contributed by atoms with E-state index in [0.717, 1.165) is 40.1 Å². The number of imidazole rings is 2. The number of hydrogen-bond donors (Lipinski definition) is 0. The largest absolute Gasteiger partial charge is 0.331 e. The molecule has 0 saturated carbocycles. The van der Waals surface area contributed by atoms with Crippen LogP contribution >= 0.6 is 0 Å². The second-order valence-corrected chi connectivity index (χ2v) is 6.12. The molecule has 2 aromatic heterocycles. The van der Waals surface area contributed by atoms with Crippen LogP contribution in [0.4, 0.5) is 0 Å². The zero-order chi connectivity index (χ0) is 17.4. The summed E-state index contributed by atoms with van der Waals surface area (Å²) >= 11 is 0. The maximum Gasteiger partial charge on any atom is 0.114 e. The van der Waals surface area contributed by atoms with Gasteiger partial charge < -0.3 is 9.13 Å². The van der Waals surface area contributed by atoms with E-state index < -0.39 is 0 Å². The Morgan fingerprint density at radius 2 is 1.92 bits per heavy atom. The van der Waals surface area contributed by atoms with Crippen LogP contribution in [0.25, 0.3) is 16.7 Å². The van der Waals surface area contributed by atoms with Crippen LogP contribution in [0.15, 0.2) is 55.1 Å². The highest BCUT2D eigenvalue weighted by Gasteiger charge is 2.13. The molecule has 0 atom stereocenters. The molecule has 2 heterocycles. The maximum atomic E-state index is 8.92. The van der Waals surface area contributed by atoms with Crippen molar-refractivity contribution in [1.82, 2.24) is 19.1 Å². The summed E-state index contributed by atoms with van der Waals surface area (Å²) in [6.07, 6.45) is 6.25. The summed E-state index contributed by atoms with van der Waals surface area (Å²) in [6, 6.07) is 14.0. The van der Waals surface area contributed by atoms with Gasteiger partial charge in [0, 0.05) is 31.4 Å². The van der Waals surface area contributed by atoms with Gasteiger partial charge in [-0.25, -0.2) is 9.97 Å². The standard InChI is InChI=1S/C20H17N5/c1-14-17(25-10-9-22-13-25)7-8-18-20(14)23-19(24(18)2)11-15-3-5-16(12-21)6-4-15/h3-10,13H,11H2,1-2H3. The molecule has 0 N–H and O–H groups in total. The zero-order valence-electron chi connectivity index (χ0n) is 14.1. The fourth-order valence-electron chi connectivity index (χ4n) is 3.15. The summed E-state index contributed by atoms with van der Waals surface area (Å²) in [5, 5.41) is 8.92. The van der Waals surface area contributed by atoms with Crippen molar-refractivity contribution in [3.05, 3.63) is 77.6 Å². The topological polar surface area (TPSA) is 59.4 Å². The van der Waals surface area contributed by atoms with E-state index in [2.05, 4.69) is 34.7 Å². The number of aromatic nitrogens is 4. The number of benzene rings is 2. The first-order valence-electron chi connectivity index (χ1n) is 8.09. The first kappa shape index (κ1) is 15.2. The van der Waals surface area contributed by atoms with Crippen LogP contribution in [0.3, 0.4) is 0 Å². The lowest BCUT2D eigenvalue weighted by atomic mass is 10.1. The lowest BCUT2D eigenvalue weighted by molar-refractivity contribution is 0.844. The van der Waals surface area contributed by atoms with Crippen LogP contribution in [0.1, 0.15) is 22.5 Å². The Morgan fingerprint density at radius 3 is 2.60 bits per heavy atom. The Bertz CT molecular complexity index is 1080. The van der Waals surface area contributed by atoms with Gasteiger partial charge in [0.15, 0.2) is 0 Å². The van der Waals surface area contributed by atoms with Crippen molar-refractivity contribution in [3.63, 3.8) is 0 Å². The molecule has 0 radical (unpaired) electrons. The maximum absolute atomic E-state index is 8.92. The third-order valence-electron chi connectivity index (χ3n) is 4.60. The van der Waals surface area contributed by atoms with Gasteiger partial charge >= 0.3 is 0 Å². The minimum absolute atomic E-state index is 0.676. The number of fused-ring (bicyclic) bond motifs is 1. The summed E-state index contributed by atoms with van der Waals surface area (Å²) in [7, 11) is 2.05. The van der Waals surface area contributed by atoms with Gasteiger partial charge in [-0.15, -0.1) is 0 Å². The van der Waals surface area contributed by atoms with E-state index in [1.165, 1.54) is 0 Å². The normalized spacial score (nSPS) is 10.9. The zero-order valence-corrected chi connectivity index (χ0v) is 14.1. The molecule has 0 spiro atoms. The molecule has 25 heavy (non-hydrogen) atoms. The first-order chi connectivity index (χ1) is 12.2. The molecule has 0 saturated heterocycles. The number of rotatable bonds is 3. The van der Waals surface area contributed by atoms with Crippen molar-refractivity contribution in [2.45, 2.75) is 13.3 Å². The van der Waals surface area contributed by atoms with Gasteiger partial charge in [-0.2, -0.15) is 5.26 Å². The van der Waals surface area contributed by atoms with Crippen molar-refractivity contribution in [2.75, 3.05) is 0 Å². The SMILES string of the molecule is Cc1c(-n2ccnc2)ccc2c1nc(Cc1ccc(C#N)cc1)n2C. The van der Waals surface area contributed by atoms with Gasteiger partial charge in [-0.05, 0) is 36.8 Å². The van der Waals surface area contributed by atoms with Crippen LogP contribution in [0.5, 0.6) is 0 Å². The van der Waals surface area contributed by atoms with Gasteiger partial charge in [0.2, 0.25) is 0 Å². The average molecular weight is 327 g/mol. The highest BCUT2D eigenvalue weighted by atomic mass is 15.1. The molecular weight excluding hydrogens is 310 g/mol. The van der Waals surface area contributed by atoms with Crippen molar-refractivity contribution in [1.29, 1.82) is 5.26 Å². The fourth-order valence-corrected chi connectivity index (χ4v) is 3.15. The Balaban J connectivity index is 1.76. The Kier molecular flexibility index (Phi) is 3.58. The smallest absolute Gasteiger partial charge is 0.114 e. The molecule has 0 aliphatic heterocycles. The Hall–Kier alpha value is -3.39. The molecule has 122 valence electrons. The minimum Gasteiger partial charge on any atom is -0.331 e. The van der Waals surface area contributed by atoms with Gasteiger partial charge in [0.1, 0.15) is 5.82 Å². The van der Waals surface area contributed by atoms with Crippen LogP contribution in [0, 0.1) is 18.3 Å². The second kappa shape index (κ2) is 5.91. The fraction of sp³-hybridized carbons (Fsp3) is 0.150. The summed E-state index contributed by atoms with van der Waals surface area (Å²) < 4.78 is 4.14. The molecular formula is C20H17N5. The molecule has 0 aliphatic rings. The molecule has 0 fully saturated rings. The summed E-state index contributed by atoms with van der Waals surface area (Å²) in [5.41, 5.74) is 6.17. The monoisotopic (exact) mass is 327 g/mol. The molecule has 0 unspecified atom stereocenters. The number of nitriles is 1. The summed E-state index contributed by atoms with van der Waals surface area (Å²) in [5.74, 6) is 1.01. The van der Waals surface area contributed by atoms with Gasteiger partial charge in [-0.1, -0.05) is 12.1 Å². The van der Waals surface area contributed by atoms with Crippen LogP contribution < -0.4 is 0 Å². The van der Waals surface area contributed by atoms with Crippen molar-refractivity contribution >= 4 is 11.0 Å². The molecule has 2 aromatic carbocycles. The quantitative estimate of drug-likeness (QED) is 0.578. The van der Waals surface area contributed by atoms with Crippen molar-refractivity contribution in [2.24, 2.45) is 7.05 Å². The van der Waals surface area contributed by atoms with E-state index in [1.807, 2.05) is 42.1 Å². The molecule has 5 nitrogen and oxygen atoms in total. The Morgan fingerprint density at radius 1 is 1.12 bits per heavy atom. The number of nitrogens with zero attached hydrogens (tertiary/aromatic N) is 5. The first-order valence-corrected chi connectivity index (χ1v) is 8.09. The lowest BCUT2D eigenvalue weighted by Gasteiger charge is -2.07.